The normalized spacial score (nSPS) is 11.5. The molecule has 0 saturated carbocycles. The molecule has 0 spiro atoms. The second-order valence-electron chi connectivity index (χ2n) is 18.5. The molecule has 6 nitrogen and oxygen atoms in total. The van der Waals surface area contributed by atoms with E-state index in [2.05, 4.69) is 187 Å². The van der Waals surface area contributed by atoms with Gasteiger partial charge >= 0.3 is 0 Å². The average molecular weight is 921 g/mol. The van der Waals surface area contributed by atoms with Crippen molar-refractivity contribution in [2.75, 3.05) is 0 Å². The molecule has 6 heteroatoms. The minimum Gasteiger partial charge on any atom is -0.309 e. The summed E-state index contributed by atoms with van der Waals surface area (Å²) in [6.45, 7) is 4.27. The summed E-state index contributed by atoms with van der Waals surface area (Å²) >= 11 is 0. The maximum atomic E-state index is 10.7. The standard InChI is InChI=1S/C66H44N6/c1-42-15-13-21-47(35-42)49-29-33-61-56(38-49)52-23-9-11-25-58(52)71(61)60-32-27-44(41-67)37-55(60)54-31-28-51(66-69-64(45-17-5-3-6-18-45)68-65(70-66)46-19-7-4-8-20-46)40-63(54)72-59-26-12-10-24-53(59)57-39-50(30-34-62(57)72)48-22-14-16-43(2)36-48/h3-40H,1-2H3. The van der Waals surface area contributed by atoms with Crippen LogP contribution in [0.15, 0.2) is 231 Å². The number of hydrogen-bond acceptors (Lipinski definition) is 4. The Morgan fingerprint density at radius 2 is 0.764 bits per heavy atom. The van der Waals surface area contributed by atoms with Crippen LogP contribution in [-0.2, 0) is 0 Å². The number of benzene rings is 10. The number of nitrogens with zero attached hydrogens (tertiary/aromatic N) is 6. The van der Waals surface area contributed by atoms with Crippen molar-refractivity contribution in [3.63, 3.8) is 0 Å². The van der Waals surface area contributed by atoms with Gasteiger partial charge in [0.05, 0.1) is 45.1 Å². The van der Waals surface area contributed by atoms with Crippen LogP contribution in [0.4, 0.5) is 0 Å². The number of aromatic nitrogens is 5. The lowest BCUT2D eigenvalue weighted by atomic mass is 9.96. The minimum absolute atomic E-state index is 0.552. The Kier molecular flexibility index (Phi) is 10.2. The van der Waals surface area contributed by atoms with Gasteiger partial charge in [-0.3, -0.25) is 0 Å². The summed E-state index contributed by atoms with van der Waals surface area (Å²) in [6, 6.07) is 83.5. The summed E-state index contributed by atoms with van der Waals surface area (Å²) < 4.78 is 4.74. The lowest BCUT2D eigenvalue weighted by molar-refractivity contribution is 1.07. The molecule has 338 valence electrons. The van der Waals surface area contributed by atoms with Crippen molar-refractivity contribution >= 4 is 43.6 Å². The van der Waals surface area contributed by atoms with E-state index >= 15 is 0 Å². The fourth-order valence-corrected chi connectivity index (χ4v) is 10.5. The number of aryl methyl sites for hydroxylation is 2. The van der Waals surface area contributed by atoms with Crippen LogP contribution >= 0.6 is 0 Å². The Bertz CT molecular complexity index is 4250. The van der Waals surface area contributed by atoms with Crippen molar-refractivity contribution in [3.05, 3.63) is 247 Å². The van der Waals surface area contributed by atoms with Gasteiger partial charge in [-0.25, -0.2) is 15.0 Å². The fourth-order valence-electron chi connectivity index (χ4n) is 10.5. The van der Waals surface area contributed by atoms with E-state index in [1.54, 1.807) is 0 Å². The van der Waals surface area contributed by atoms with Crippen molar-refractivity contribution in [2.45, 2.75) is 13.8 Å². The van der Waals surface area contributed by atoms with Crippen molar-refractivity contribution in [2.24, 2.45) is 0 Å². The summed E-state index contributed by atoms with van der Waals surface area (Å²) in [5.74, 6) is 1.73. The molecular formula is C66H44N6. The third-order valence-corrected chi connectivity index (χ3v) is 13.9. The van der Waals surface area contributed by atoms with E-state index < -0.39 is 0 Å². The third-order valence-electron chi connectivity index (χ3n) is 13.9. The van der Waals surface area contributed by atoms with Crippen molar-refractivity contribution in [1.29, 1.82) is 5.26 Å². The van der Waals surface area contributed by atoms with Crippen molar-refractivity contribution < 1.29 is 0 Å². The Morgan fingerprint density at radius 1 is 0.319 bits per heavy atom. The van der Waals surface area contributed by atoms with Crippen LogP contribution in [0.5, 0.6) is 0 Å². The van der Waals surface area contributed by atoms with Crippen LogP contribution < -0.4 is 0 Å². The van der Waals surface area contributed by atoms with E-state index in [1.165, 1.54) is 22.3 Å². The molecule has 0 saturated heterocycles. The zero-order valence-electron chi connectivity index (χ0n) is 39.6. The number of fused-ring (bicyclic) bond motifs is 6. The molecule has 0 N–H and O–H groups in total. The van der Waals surface area contributed by atoms with E-state index in [-0.39, 0.29) is 0 Å². The first kappa shape index (κ1) is 42.4. The summed E-state index contributed by atoms with van der Waals surface area (Å²) in [6.07, 6.45) is 0. The smallest absolute Gasteiger partial charge is 0.164 e. The van der Waals surface area contributed by atoms with E-state index in [4.69, 9.17) is 15.0 Å². The van der Waals surface area contributed by atoms with Gasteiger partial charge in [0.15, 0.2) is 17.5 Å². The molecule has 10 aromatic carbocycles. The molecule has 72 heavy (non-hydrogen) atoms. The summed E-state index contributed by atoms with van der Waals surface area (Å²) in [4.78, 5) is 15.5. The Labute approximate surface area is 417 Å². The molecule has 3 heterocycles. The lowest BCUT2D eigenvalue weighted by Crippen LogP contribution is -2.04. The highest BCUT2D eigenvalue weighted by atomic mass is 15.0. The van der Waals surface area contributed by atoms with Crippen molar-refractivity contribution in [3.8, 4) is 85.0 Å². The molecule has 0 bridgehead atoms. The molecule has 13 aromatic rings. The molecule has 0 fully saturated rings. The average Bonchev–Trinajstić information content (AvgIpc) is 3.95. The molecule has 0 amide bonds. The summed E-state index contributed by atoms with van der Waals surface area (Å²) in [5, 5.41) is 15.2. The van der Waals surface area contributed by atoms with Gasteiger partial charge in [-0.15, -0.1) is 0 Å². The van der Waals surface area contributed by atoms with E-state index in [0.29, 0.717) is 23.0 Å². The first-order chi connectivity index (χ1) is 35.5. The number of para-hydroxylation sites is 2. The third kappa shape index (κ3) is 7.31. The summed E-state index contributed by atoms with van der Waals surface area (Å²) in [5.41, 5.74) is 18.3. The van der Waals surface area contributed by atoms with Crippen LogP contribution in [0.1, 0.15) is 16.7 Å². The fraction of sp³-hybridized carbons (Fsp3) is 0.0303. The summed E-state index contributed by atoms with van der Waals surface area (Å²) in [7, 11) is 0. The van der Waals surface area contributed by atoms with E-state index in [1.807, 2.05) is 72.8 Å². The number of hydrogen-bond donors (Lipinski definition) is 0. The van der Waals surface area contributed by atoms with Crippen LogP contribution in [0.3, 0.4) is 0 Å². The van der Waals surface area contributed by atoms with Gasteiger partial charge < -0.3 is 9.13 Å². The Morgan fingerprint density at radius 3 is 1.29 bits per heavy atom. The predicted molar refractivity (Wildman–Crippen MR) is 295 cm³/mol. The largest absolute Gasteiger partial charge is 0.309 e. The van der Waals surface area contributed by atoms with Crippen LogP contribution in [-0.4, -0.2) is 24.1 Å². The van der Waals surface area contributed by atoms with Gasteiger partial charge in [-0.1, -0.05) is 181 Å². The Hall–Kier alpha value is -9.70. The monoisotopic (exact) mass is 920 g/mol. The first-order valence-electron chi connectivity index (χ1n) is 24.2. The molecule has 3 aromatic heterocycles. The molecule has 0 aliphatic carbocycles. The number of rotatable bonds is 8. The van der Waals surface area contributed by atoms with Gasteiger partial charge in [0.1, 0.15) is 0 Å². The zero-order valence-corrected chi connectivity index (χ0v) is 39.6. The number of nitriles is 1. The maximum Gasteiger partial charge on any atom is 0.164 e. The van der Waals surface area contributed by atoms with E-state index in [0.717, 1.165) is 93.9 Å². The topological polar surface area (TPSA) is 72.3 Å². The van der Waals surface area contributed by atoms with Gasteiger partial charge in [0, 0.05) is 49.4 Å². The molecule has 0 aliphatic heterocycles. The Balaban J connectivity index is 1.10. The molecular weight excluding hydrogens is 877 g/mol. The van der Waals surface area contributed by atoms with Gasteiger partial charge in [0.2, 0.25) is 0 Å². The zero-order chi connectivity index (χ0) is 48.3. The lowest BCUT2D eigenvalue weighted by Gasteiger charge is -2.20. The highest BCUT2D eigenvalue weighted by Gasteiger charge is 2.23. The van der Waals surface area contributed by atoms with Crippen LogP contribution in [0.25, 0.3) is 123 Å². The van der Waals surface area contributed by atoms with Gasteiger partial charge in [0.25, 0.3) is 0 Å². The molecule has 13 rings (SSSR count). The van der Waals surface area contributed by atoms with Gasteiger partial charge in [-0.05, 0) is 96.8 Å². The predicted octanol–water partition coefficient (Wildman–Crippen LogP) is 16.6. The SMILES string of the molecule is Cc1cccc(-c2ccc3c(c2)c2ccccc2n3-c2ccc(C#N)cc2-c2ccc(-c3nc(-c4ccccc4)nc(-c4ccccc4)n3)cc2-n2c3ccccc3c3cc(-c4cccc(C)c4)ccc32)c1. The van der Waals surface area contributed by atoms with Crippen LogP contribution in [0, 0.1) is 25.2 Å². The van der Waals surface area contributed by atoms with Crippen LogP contribution in [0.2, 0.25) is 0 Å². The first-order valence-corrected chi connectivity index (χ1v) is 24.2. The second-order valence-corrected chi connectivity index (χ2v) is 18.5. The highest BCUT2D eigenvalue weighted by molar-refractivity contribution is 6.13. The molecule has 0 atom stereocenters. The molecule has 0 aliphatic rings. The quantitative estimate of drug-likeness (QED) is 0.152. The van der Waals surface area contributed by atoms with Gasteiger partial charge in [-0.2, -0.15) is 5.26 Å². The minimum atomic E-state index is 0.552. The maximum absolute atomic E-state index is 10.7. The van der Waals surface area contributed by atoms with Crippen molar-refractivity contribution in [1.82, 2.24) is 24.1 Å². The second kappa shape index (κ2) is 17.4. The highest BCUT2D eigenvalue weighted by Crippen LogP contribution is 2.44. The molecule has 0 unspecified atom stereocenters. The van der Waals surface area contributed by atoms with E-state index in [9.17, 15) is 5.26 Å². The molecule has 0 radical (unpaired) electrons.